The fraction of sp³-hybridized carbons (Fsp3) is 0.154. The van der Waals surface area contributed by atoms with Gasteiger partial charge in [0.05, 0.1) is 11.3 Å². The van der Waals surface area contributed by atoms with Crippen molar-refractivity contribution in [3.05, 3.63) is 95.2 Å². The highest BCUT2D eigenvalue weighted by molar-refractivity contribution is 6.46. The quantitative estimate of drug-likeness (QED) is 0.615. The van der Waals surface area contributed by atoms with E-state index in [4.69, 9.17) is 0 Å². The fourth-order valence-electron chi connectivity index (χ4n) is 3.56. The smallest absolute Gasteiger partial charge is 0.282 e. The predicted octanol–water partition coefficient (Wildman–Crippen LogP) is 4.77. The number of hydrogen-bond donors (Lipinski definition) is 1. The van der Waals surface area contributed by atoms with Crippen LogP contribution in [0.15, 0.2) is 78.5 Å². The van der Waals surface area contributed by atoms with Crippen molar-refractivity contribution in [2.75, 3.05) is 29.2 Å². The molecule has 3 aromatic rings. The molecule has 5 heteroatoms. The van der Waals surface area contributed by atoms with Gasteiger partial charge in [0.25, 0.3) is 11.8 Å². The summed E-state index contributed by atoms with van der Waals surface area (Å²) in [4.78, 5) is 30.2. The highest BCUT2D eigenvalue weighted by atomic mass is 16.2. The normalized spacial score (nSPS) is 13.7. The van der Waals surface area contributed by atoms with Gasteiger partial charge in [-0.15, -0.1) is 0 Å². The molecule has 0 unspecified atom stereocenters. The summed E-state index contributed by atoms with van der Waals surface area (Å²) in [5.41, 5.74) is 5.80. The fourth-order valence-corrected chi connectivity index (χ4v) is 3.56. The Balaban J connectivity index is 1.81. The molecule has 5 nitrogen and oxygen atoms in total. The Morgan fingerprint density at radius 2 is 1.39 bits per heavy atom. The lowest BCUT2D eigenvalue weighted by molar-refractivity contribution is -0.120. The SMILES string of the molecule is Cc1ccc(NC2=C(c3ccc(C)cc3)C(=O)N(c3cccc(N(C)C)c3)C2=O)cc1. The van der Waals surface area contributed by atoms with Crippen LogP contribution < -0.4 is 15.1 Å². The Labute approximate surface area is 182 Å². The van der Waals surface area contributed by atoms with Crippen LogP contribution in [0.4, 0.5) is 17.1 Å². The minimum absolute atomic E-state index is 0.285. The predicted molar refractivity (Wildman–Crippen MR) is 126 cm³/mol. The van der Waals surface area contributed by atoms with Crippen molar-refractivity contribution in [2.45, 2.75) is 13.8 Å². The van der Waals surface area contributed by atoms with Gasteiger partial charge in [0.2, 0.25) is 0 Å². The first-order chi connectivity index (χ1) is 14.8. The zero-order valence-electron chi connectivity index (χ0n) is 18.1. The second-order valence-corrected chi connectivity index (χ2v) is 7.97. The Morgan fingerprint density at radius 1 is 0.774 bits per heavy atom. The number of rotatable bonds is 5. The summed E-state index contributed by atoms with van der Waals surface area (Å²) in [5, 5.41) is 3.21. The van der Waals surface area contributed by atoms with Crippen molar-refractivity contribution < 1.29 is 9.59 Å². The van der Waals surface area contributed by atoms with E-state index in [1.807, 2.05) is 99.6 Å². The van der Waals surface area contributed by atoms with Gasteiger partial charge in [0.15, 0.2) is 0 Å². The molecule has 1 heterocycles. The van der Waals surface area contributed by atoms with E-state index in [1.54, 1.807) is 6.07 Å². The summed E-state index contributed by atoms with van der Waals surface area (Å²) in [7, 11) is 3.85. The van der Waals surface area contributed by atoms with E-state index in [2.05, 4.69) is 5.32 Å². The summed E-state index contributed by atoms with van der Waals surface area (Å²) >= 11 is 0. The molecule has 3 aromatic carbocycles. The van der Waals surface area contributed by atoms with Crippen LogP contribution in [0.3, 0.4) is 0 Å². The number of carbonyl (C=O) groups excluding carboxylic acids is 2. The molecular formula is C26H25N3O2. The van der Waals surface area contributed by atoms with Crippen molar-refractivity contribution in [3.63, 3.8) is 0 Å². The summed E-state index contributed by atoms with van der Waals surface area (Å²) < 4.78 is 0. The molecule has 2 amide bonds. The van der Waals surface area contributed by atoms with Crippen molar-refractivity contribution in [3.8, 4) is 0 Å². The highest BCUT2D eigenvalue weighted by Crippen LogP contribution is 2.35. The van der Waals surface area contributed by atoms with Crippen molar-refractivity contribution >= 4 is 34.4 Å². The Hall–Kier alpha value is -3.86. The molecule has 156 valence electrons. The van der Waals surface area contributed by atoms with E-state index in [-0.39, 0.29) is 17.5 Å². The molecule has 4 rings (SSSR count). The topological polar surface area (TPSA) is 52.7 Å². The molecule has 0 spiro atoms. The van der Waals surface area contributed by atoms with Crippen LogP contribution in [0.1, 0.15) is 16.7 Å². The molecule has 0 saturated carbocycles. The largest absolute Gasteiger partial charge is 0.378 e. The third kappa shape index (κ3) is 3.94. The number of carbonyl (C=O) groups is 2. The number of hydrogen-bond acceptors (Lipinski definition) is 4. The Bertz CT molecular complexity index is 1180. The third-order valence-electron chi connectivity index (χ3n) is 5.35. The van der Waals surface area contributed by atoms with Crippen molar-refractivity contribution in [2.24, 2.45) is 0 Å². The van der Waals surface area contributed by atoms with E-state index in [9.17, 15) is 9.59 Å². The lowest BCUT2D eigenvalue weighted by Gasteiger charge is -2.19. The van der Waals surface area contributed by atoms with Gasteiger partial charge in [-0.1, -0.05) is 53.6 Å². The number of amides is 2. The minimum atomic E-state index is -0.364. The average Bonchev–Trinajstić information content (AvgIpc) is 3.00. The maximum absolute atomic E-state index is 13.5. The molecule has 0 saturated heterocycles. The van der Waals surface area contributed by atoms with Gasteiger partial charge in [-0.2, -0.15) is 0 Å². The lowest BCUT2D eigenvalue weighted by atomic mass is 10.0. The zero-order chi connectivity index (χ0) is 22.1. The zero-order valence-corrected chi connectivity index (χ0v) is 18.1. The standard InChI is InChI=1S/C26H25N3O2/c1-17-8-12-19(13-9-17)23-24(27-20-14-10-18(2)11-15-20)26(31)29(25(23)30)22-7-5-6-21(16-22)28(3)4/h5-16,27H,1-4H3. The number of nitrogens with zero attached hydrogens (tertiary/aromatic N) is 2. The summed E-state index contributed by atoms with van der Waals surface area (Å²) in [6, 6.07) is 22.8. The maximum atomic E-state index is 13.5. The number of imide groups is 1. The van der Waals surface area contributed by atoms with Gasteiger partial charge in [-0.3, -0.25) is 9.59 Å². The summed E-state index contributed by atoms with van der Waals surface area (Å²) in [5.74, 6) is -0.698. The van der Waals surface area contributed by atoms with Crippen LogP contribution in [0.5, 0.6) is 0 Å². The van der Waals surface area contributed by atoms with Gasteiger partial charge in [-0.05, 0) is 49.7 Å². The first-order valence-electron chi connectivity index (χ1n) is 10.2. The molecule has 0 fully saturated rings. The van der Waals surface area contributed by atoms with Crippen molar-refractivity contribution in [1.29, 1.82) is 0 Å². The molecule has 0 aliphatic carbocycles. The molecule has 1 aliphatic heterocycles. The van der Waals surface area contributed by atoms with Crippen LogP contribution in [0.2, 0.25) is 0 Å². The van der Waals surface area contributed by atoms with E-state index in [0.29, 0.717) is 16.8 Å². The number of nitrogens with one attached hydrogen (secondary N) is 1. The van der Waals surface area contributed by atoms with Gasteiger partial charge in [0, 0.05) is 25.5 Å². The molecule has 1 N–H and O–H groups in total. The highest BCUT2D eigenvalue weighted by Gasteiger charge is 2.40. The summed E-state index contributed by atoms with van der Waals surface area (Å²) in [6.07, 6.45) is 0. The summed E-state index contributed by atoms with van der Waals surface area (Å²) in [6.45, 7) is 3.99. The molecule has 0 aromatic heterocycles. The maximum Gasteiger partial charge on any atom is 0.282 e. The molecule has 0 bridgehead atoms. The van der Waals surface area contributed by atoms with E-state index in [0.717, 1.165) is 22.5 Å². The minimum Gasteiger partial charge on any atom is -0.378 e. The first kappa shape index (κ1) is 20.4. The molecule has 0 atom stereocenters. The van der Waals surface area contributed by atoms with Gasteiger partial charge in [0.1, 0.15) is 5.70 Å². The van der Waals surface area contributed by atoms with Crippen LogP contribution in [0.25, 0.3) is 5.57 Å². The molecule has 1 aliphatic rings. The van der Waals surface area contributed by atoms with Crippen LogP contribution in [-0.4, -0.2) is 25.9 Å². The van der Waals surface area contributed by atoms with Crippen LogP contribution in [0, 0.1) is 13.8 Å². The van der Waals surface area contributed by atoms with E-state index < -0.39 is 0 Å². The first-order valence-corrected chi connectivity index (χ1v) is 10.2. The van der Waals surface area contributed by atoms with Gasteiger partial charge >= 0.3 is 0 Å². The van der Waals surface area contributed by atoms with Crippen molar-refractivity contribution in [1.82, 2.24) is 0 Å². The van der Waals surface area contributed by atoms with Gasteiger partial charge in [-0.25, -0.2) is 4.90 Å². The Kier molecular flexibility index (Phi) is 5.34. The third-order valence-corrected chi connectivity index (χ3v) is 5.35. The number of benzene rings is 3. The van der Waals surface area contributed by atoms with E-state index >= 15 is 0 Å². The lowest BCUT2D eigenvalue weighted by Crippen LogP contribution is -2.32. The Morgan fingerprint density at radius 3 is 2.00 bits per heavy atom. The average molecular weight is 412 g/mol. The second kappa shape index (κ2) is 8.11. The molecule has 0 radical (unpaired) electrons. The van der Waals surface area contributed by atoms with Gasteiger partial charge < -0.3 is 10.2 Å². The van der Waals surface area contributed by atoms with Crippen LogP contribution in [-0.2, 0) is 9.59 Å². The number of aryl methyl sites for hydroxylation is 2. The van der Waals surface area contributed by atoms with E-state index in [1.165, 1.54) is 4.90 Å². The van der Waals surface area contributed by atoms with Crippen LogP contribution >= 0.6 is 0 Å². The number of anilines is 3. The molecule has 31 heavy (non-hydrogen) atoms. The monoisotopic (exact) mass is 411 g/mol. The second-order valence-electron chi connectivity index (χ2n) is 7.97. The molecular weight excluding hydrogens is 386 g/mol.